The Balaban J connectivity index is 3.26. The van der Waals surface area contributed by atoms with Gasteiger partial charge in [-0.25, -0.2) is 0 Å². The number of rotatable bonds is 2. The van der Waals surface area contributed by atoms with Crippen molar-refractivity contribution in [1.29, 1.82) is 0 Å². The number of alkyl halides is 1. The van der Waals surface area contributed by atoms with Gasteiger partial charge >= 0.3 is 0 Å². The fourth-order valence-electron chi connectivity index (χ4n) is 1.03. The van der Waals surface area contributed by atoms with Crippen molar-refractivity contribution in [3.63, 3.8) is 0 Å². The largest absolute Gasteiger partial charge is 0.293 e. The highest BCUT2D eigenvalue weighted by Crippen LogP contribution is 2.28. The summed E-state index contributed by atoms with van der Waals surface area (Å²) in [5.74, 6) is 0.0481. The number of ketones is 1. The van der Waals surface area contributed by atoms with E-state index in [1.807, 2.05) is 6.92 Å². The van der Waals surface area contributed by atoms with Crippen molar-refractivity contribution in [3.05, 3.63) is 32.8 Å². The lowest BCUT2D eigenvalue weighted by molar-refractivity contribution is 0.102. The molecule has 0 bridgehead atoms. The summed E-state index contributed by atoms with van der Waals surface area (Å²) in [7, 11) is 0. The van der Waals surface area contributed by atoms with Crippen molar-refractivity contribution < 1.29 is 4.79 Å². The maximum Gasteiger partial charge on any atom is 0.173 e. The molecule has 0 spiro atoms. The Morgan fingerprint density at radius 3 is 2.69 bits per heavy atom. The van der Waals surface area contributed by atoms with Crippen molar-refractivity contribution in [1.82, 2.24) is 0 Å². The van der Waals surface area contributed by atoms with Gasteiger partial charge in [0.2, 0.25) is 0 Å². The number of hydrogen-bond donors (Lipinski definition) is 0. The minimum absolute atomic E-state index is 0.0481. The molecule has 0 aliphatic rings. The quantitative estimate of drug-likeness (QED) is 0.593. The van der Waals surface area contributed by atoms with E-state index in [1.54, 1.807) is 12.1 Å². The third-order valence-corrected chi connectivity index (χ3v) is 3.65. The molecule has 0 atom stereocenters. The molecule has 0 amide bonds. The molecule has 0 fully saturated rings. The van der Waals surface area contributed by atoms with Crippen LogP contribution in [-0.2, 0) is 0 Å². The van der Waals surface area contributed by atoms with Gasteiger partial charge in [-0.15, -0.1) is 0 Å². The Hall–Kier alpha value is 0.140. The SMILES string of the molecule is Cc1c(C(=O)CBr)ccc(Br)c1Cl. The van der Waals surface area contributed by atoms with Gasteiger partial charge in [-0.1, -0.05) is 27.5 Å². The monoisotopic (exact) mass is 324 g/mol. The number of carbonyl (C=O) groups is 1. The van der Waals surface area contributed by atoms with Crippen LogP contribution in [0.5, 0.6) is 0 Å². The minimum atomic E-state index is 0.0481. The molecule has 1 nitrogen and oxygen atoms in total. The smallest absolute Gasteiger partial charge is 0.173 e. The lowest BCUT2D eigenvalue weighted by atomic mass is 10.1. The van der Waals surface area contributed by atoms with E-state index in [0.717, 1.165) is 10.0 Å². The van der Waals surface area contributed by atoms with Gasteiger partial charge in [-0.05, 0) is 40.5 Å². The number of carbonyl (C=O) groups excluding carboxylic acids is 1. The van der Waals surface area contributed by atoms with E-state index in [1.165, 1.54) is 0 Å². The maximum absolute atomic E-state index is 11.4. The van der Waals surface area contributed by atoms with E-state index < -0.39 is 0 Å². The molecule has 0 unspecified atom stereocenters. The molecule has 70 valence electrons. The van der Waals surface area contributed by atoms with Gasteiger partial charge in [-0.2, -0.15) is 0 Å². The van der Waals surface area contributed by atoms with Gasteiger partial charge in [0.1, 0.15) is 0 Å². The number of Topliss-reactive ketones (excluding diaryl/α,β-unsaturated/α-hetero) is 1. The van der Waals surface area contributed by atoms with Gasteiger partial charge in [0.15, 0.2) is 5.78 Å². The van der Waals surface area contributed by atoms with Gasteiger partial charge < -0.3 is 0 Å². The maximum atomic E-state index is 11.4. The van der Waals surface area contributed by atoms with Crippen LogP contribution in [-0.4, -0.2) is 11.1 Å². The standard InChI is InChI=1S/C9H7Br2ClO/c1-5-6(8(13)4-10)2-3-7(11)9(5)12/h2-3H,4H2,1H3. The average Bonchev–Trinajstić information content (AvgIpc) is 2.13. The van der Waals surface area contributed by atoms with E-state index in [2.05, 4.69) is 31.9 Å². The fourth-order valence-corrected chi connectivity index (χ4v) is 1.92. The zero-order valence-electron chi connectivity index (χ0n) is 6.90. The van der Waals surface area contributed by atoms with Crippen LogP contribution in [0.2, 0.25) is 5.02 Å². The molecule has 1 aromatic rings. The first kappa shape index (κ1) is 11.2. The summed E-state index contributed by atoms with van der Waals surface area (Å²) in [6.07, 6.45) is 0. The zero-order chi connectivity index (χ0) is 10.0. The molecule has 0 aliphatic carbocycles. The van der Waals surface area contributed by atoms with Crippen molar-refractivity contribution in [2.24, 2.45) is 0 Å². The van der Waals surface area contributed by atoms with Crippen molar-refractivity contribution in [2.75, 3.05) is 5.33 Å². The van der Waals surface area contributed by atoms with E-state index >= 15 is 0 Å². The number of hydrogen-bond acceptors (Lipinski definition) is 1. The average molecular weight is 326 g/mol. The normalized spacial score (nSPS) is 10.2. The second kappa shape index (κ2) is 4.58. The van der Waals surface area contributed by atoms with Crippen molar-refractivity contribution >= 4 is 49.2 Å². The van der Waals surface area contributed by atoms with Gasteiger partial charge in [-0.3, -0.25) is 4.79 Å². The summed E-state index contributed by atoms with van der Waals surface area (Å²) < 4.78 is 0.817. The van der Waals surface area contributed by atoms with Crippen LogP contribution in [0.3, 0.4) is 0 Å². The topological polar surface area (TPSA) is 17.1 Å². The third kappa shape index (κ3) is 2.33. The molecule has 1 rings (SSSR count). The molecule has 0 N–H and O–H groups in total. The molecule has 0 aromatic heterocycles. The number of halogens is 3. The molecule has 13 heavy (non-hydrogen) atoms. The molecular weight excluding hydrogens is 319 g/mol. The summed E-state index contributed by atoms with van der Waals surface area (Å²) >= 11 is 12.4. The Morgan fingerprint density at radius 2 is 2.15 bits per heavy atom. The first-order valence-electron chi connectivity index (χ1n) is 3.61. The van der Waals surface area contributed by atoms with E-state index in [-0.39, 0.29) is 5.78 Å². The first-order chi connectivity index (χ1) is 6.07. The number of benzene rings is 1. The van der Waals surface area contributed by atoms with E-state index in [4.69, 9.17) is 11.6 Å². The van der Waals surface area contributed by atoms with Crippen LogP contribution < -0.4 is 0 Å². The molecule has 0 saturated carbocycles. The molecule has 0 saturated heterocycles. The minimum Gasteiger partial charge on any atom is -0.293 e. The summed E-state index contributed by atoms with van der Waals surface area (Å²) in [6.45, 7) is 1.84. The van der Waals surface area contributed by atoms with E-state index in [9.17, 15) is 4.79 Å². The van der Waals surface area contributed by atoms with Crippen LogP contribution in [0.1, 0.15) is 15.9 Å². The van der Waals surface area contributed by atoms with Crippen LogP contribution in [0.4, 0.5) is 0 Å². The van der Waals surface area contributed by atoms with Crippen molar-refractivity contribution in [2.45, 2.75) is 6.92 Å². The molecule has 1 aromatic carbocycles. The van der Waals surface area contributed by atoms with E-state index in [0.29, 0.717) is 15.9 Å². The summed E-state index contributed by atoms with van der Waals surface area (Å²) in [4.78, 5) is 11.4. The molecule has 0 heterocycles. The molecule has 0 radical (unpaired) electrons. The van der Waals surface area contributed by atoms with Crippen LogP contribution in [0.15, 0.2) is 16.6 Å². The summed E-state index contributed by atoms with van der Waals surface area (Å²) in [6, 6.07) is 3.56. The second-order valence-corrected chi connectivity index (χ2v) is 4.38. The Morgan fingerprint density at radius 1 is 1.54 bits per heavy atom. The Bertz CT molecular complexity index is 350. The summed E-state index contributed by atoms with van der Waals surface area (Å²) in [5.41, 5.74) is 1.49. The third-order valence-electron chi connectivity index (χ3n) is 1.76. The Labute approximate surface area is 98.7 Å². The van der Waals surface area contributed by atoms with Crippen LogP contribution >= 0.6 is 43.5 Å². The molecular formula is C9H7Br2ClO. The van der Waals surface area contributed by atoms with Crippen LogP contribution in [0, 0.1) is 6.92 Å². The van der Waals surface area contributed by atoms with Gasteiger partial charge in [0.05, 0.1) is 10.4 Å². The first-order valence-corrected chi connectivity index (χ1v) is 5.91. The zero-order valence-corrected chi connectivity index (χ0v) is 10.8. The van der Waals surface area contributed by atoms with Crippen molar-refractivity contribution in [3.8, 4) is 0 Å². The Kier molecular flexibility index (Phi) is 3.95. The second-order valence-electron chi connectivity index (χ2n) is 2.59. The highest BCUT2D eigenvalue weighted by atomic mass is 79.9. The lowest BCUT2D eigenvalue weighted by Gasteiger charge is -2.06. The molecule has 4 heteroatoms. The fraction of sp³-hybridized carbons (Fsp3) is 0.222. The lowest BCUT2D eigenvalue weighted by Crippen LogP contribution is -2.02. The predicted molar refractivity (Wildman–Crippen MR) is 62.0 cm³/mol. The molecule has 0 aliphatic heterocycles. The van der Waals surface area contributed by atoms with Crippen LogP contribution in [0.25, 0.3) is 0 Å². The predicted octanol–water partition coefficient (Wildman–Crippen LogP) is 3.99. The van der Waals surface area contributed by atoms with Gasteiger partial charge in [0, 0.05) is 10.0 Å². The summed E-state index contributed by atoms with van der Waals surface area (Å²) in [5, 5.41) is 0.929. The highest BCUT2D eigenvalue weighted by Gasteiger charge is 2.11. The van der Waals surface area contributed by atoms with Gasteiger partial charge in [0.25, 0.3) is 0 Å². The highest BCUT2D eigenvalue weighted by molar-refractivity contribution is 9.10.